The molecule has 0 amide bonds. The molecule has 0 aromatic heterocycles. The second-order valence-corrected chi connectivity index (χ2v) is 10.4. The average Bonchev–Trinajstić information content (AvgIpc) is 3.03. The number of carboxylic acid groups (broad SMARTS) is 1. The maximum absolute atomic E-state index is 13.8. The van der Waals surface area contributed by atoms with E-state index in [2.05, 4.69) is 16.4 Å². The fourth-order valence-electron chi connectivity index (χ4n) is 4.08. The standard InChI is InChI=1S/C19H18F6O3.C15H22O3/c1-2-27-11-17(20,21)19(24,25)18(22,23)12-28-16-9-5-14(6-10-16)13-3-7-15(26)8-4-13;1-2-3-4-5-6-9-12-18-14-11-8-7-10-13(14)15(16)17/h3-10,26H,2,11-12H2,1H3;7-8,10-11H,2-6,9,12H2,1H3,(H,16,17). The molecule has 3 aromatic carbocycles. The minimum Gasteiger partial charge on any atom is -0.508 e. The van der Waals surface area contributed by atoms with Crippen molar-refractivity contribution in [1.82, 2.24) is 0 Å². The smallest absolute Gasteiger partial charge is 0.377 e. The summed E-state index contributed by atoms with van der Waals surface area (Å²) in [6, 6.07) is 18.3. The average molecular weight is 659 g/mol. The van der Waals surface area contributed by atoms with E-state index >= 15 is 0 Å². The van der Waals surface area contributed by atoms with Crippen LogP contribution in [0.4, 0.5) is 26.3 Å². The van der Waals surface area contributed by atoms with E-state index in [1.807, 2.05) is 0 Å². The van der Waals surface area contributed by atoms with Crippen molar-refractivity contribution in [2.45, 2.75) is 70.1 Å². The maximum atomic E-state index is 13.8. The van der Waals surface area contributed by atoms with Gasteiger partial charge in [-0.15, -0.1) is 0 Å². The number of phenols is 1. The molecule has 0 atom stereocenters. The number of aromatic hydroxyl groups is 1. The molecule has 0 heterocycles. The number of aromatic carboxylic acids is 1. The molecule has 0 aliphatic carbocycles. The Bertz CT molecular complexity index is 1320. The molecule has 3 rings (SSSR count). The van der Waals surface area contributed by atoms with Gasteiger partial charge in [0.15, 0.2) is 6.61 Å². The molecule has 0 spiro atoms. The molecule has 0 aliphatic rings. The highest BCUT2D eigenvalue weighted by Gasteiger charge is 2.71. The molecule has 46 heavy (non-hydrogen) atoms. The van der Waals surface area contributed by atoms with E-state index in [1.165, 1.54) is 69.0 Å². The van der Waals surface area contributed by atoms with Gasteiger partial charge in [-0.05, 0) is 60.9 Å². The molecule has 0 fully saturated rings. The van der Waals surface area contributed by atoms with Gasteiger partial charge in [0.2, 0.25) is 0 Å². The molecule has 254 valence electrons. The lowest BCUT2D eigenvalue weighted by atomic mass is 10.1. The first-order chi connectivity index (χ1) is 21.8. The zero-order valence-electron chi connectivity index (χ0n) is 25.8. The maximum Gasteiger partial charge on any atom is 0.377 e. The number of hydrogen-bond donors (Lipinski definition) is 2. The van der Waals surface area contributed by atoms with Crippen LogP contribution < -0.4 is 9.47 Å². The van der Waals surface area contributed by atoms with Gasteiger partial charge in [-0.3, -0.25) is 0 Å². The summed E-state index contributed by atoms with van der Waals surface area (Å²) in [6.07, 6.45) is 7.19. The number of unbranched alkanes of at least 4 members (excludes halogenated alkanes) is 5. The highest BCUT2D eigenvalue weighted by molar-refractivity contribution is 5.90. The van der Waals surface area contributed by atoms with Crippen LogP contribution in [0.1, 0.15) is 62.7 Å². The Hall–Kier alpha value is -3.93. The number of benzene rings is 3. The predicted octanol–water partition coefficient (Wildman–Crippen LogP) is 9.50. The van der Waals surface area contributed by atoms with Crippen molar-refractivity contribution < 1.29 is 55.6 Å². The summed E-state index contributed by atoms with van der Waals surface area (Å²) in [6.45, 7) is -0.00548. The van der Waals surface area contributed by atoms with Crippen molar-refractivity contribution in [2.24, 2.45) is 0 Å². The number of para-hydroxylation sites is 1. The minimum absolute atomic E-state index is 0.0630. The van der Waals surface area contributed by atoms with Crippen molar-refractivity contribution in [3.05, 3.63) is 78.4 Å². The zero-order valence-corrected chi connectivity index (χ0v) is 25.8. The van der Waals surface area contributed by atoms with Crippen molar-refractivity contribution in [2.75, 3.05) is 26.4 Å². The Morgan fingerprint density at radius 1 is 0.696 bits per heavy atom. The number of carbonyl (C=O) groups is 1. The van der Waals surface area contributed by atoms with Gasteiger partial charge in [0.25, 0.3) is 0 Å². The highest BCUT2D eigenvalue weighted by Crippen LogP contribution is 2.46. The van der Waals surface area contributed by atoms with E-state index in [4.69, 9.17) is 9.84 Å². The quantitative estimate of drug-likeness (QED) is 0.105. The highest BCUT2D eigenvalue weighted by atomic mass is 19.3. The van der Waals surface area contributed by atoms with Crippen LogP contribution in [0, 0.1) is 0 Å². The third-order valence-electron chi connectivity index (χ3n) is 6.75. The Balaban J connectivity index is 0.000000353. The SMILES string of the molecule is CCCCCCCCOc1ccccc1C(=O)O.CCOCC(F)(F)C(F)(F)C(F)(F)COc1ccc(-c2ccc(O)cc2)cc1. The van der Waals surface area contributed by atoms with Crippen molar-refractivity contribution >= 4 is 5.97 Å². The molecule has 0 radical (unpaired) electrons. The van der Waals surface area contributed by atoms with Gasteiger partial charge in [0, 0.05) is 6.61 Å². The number of hydrogen-bond acceptors (Lipinski definition) is 5. The second kappa shape index (κ2) is 18.3. The Kier molecular flexibility index (Phi) is 15.2. The summed E-state index contributed by atoms with van der Waals surface area (Å²) in [4.78, 5) is 10.9. The van der Waals surface area contributed by atoms with Crippen LogP contribution in [0.15, 0.2) is 72.8 Å². The van der Waals surface area contributed by atoms with Gasteiger partial charge in [-0.2, -0.15) is 26.3 Å². The van der Waals surface area contributed by atoms with Crippen molar-refractivity contribution in [3.8, 4) is 28.4 Å². The van der Waals surface area contributed by atoms with Crippen LogP contribution in [0.2, 0.25) is 0 Å². The number of halogens is 6. The van der Waals surface area contributed by atoms with Crippen molar-refractivity contribution in [1.29, 1.82) is 0 Å². The molecule has 3 aromatic rings. The number of phenolic OH excluding ortho intramolecular Hbond substituents is 1. The van der Waals surface area contributed by atoms with Gasteiger partial charge in [0.1, 0.15) is 29.4 Å². The van der Waals surface area contributed by atoms with Gasteiger partial charge in [-0.1, -0.05) is 75.4 Å². The summed E-state index contributed by atoms with van der Waals surface area (Å²) in [5.41, 5.74) is 1.59. The lowest BCUT2D eigenvalue weighted by Gasteiger charge is -2.32. The van der Waals surface area contributed by atoms with Gasteiger partial charge in [0.05, 0.1) is 6.61 Å². The van der Waals surface area contributed by atoms with Gasteiger partial charge in [-0.25, -0.2) is 4.79 Å². The zero-order chi connectivity index (χ0) is 34.2. The van der Waals surface area contributed by atoms with E-state index in [1.54, 1.807) is 36.4 Å². The molecular weight excluding hydrogens is 618 g/mol. The van der Waals surface area contributed by atoms with E-state index in [0.29, 0.717) is 23.5 Å². The van der Waals surface area contributed by atoms with E-state index in [0.717, 1.165) is 12.8 Å². The molecule has 0 aliphatic heterocycles. The monoisotopic (exact) mass is 658 g/mol. The Morgan fingerprint density at radius 2 is 1.24 bits per heavy atom. The summed E-state index contributed by atoms with van der Waals surface area (Å²) in [5.74, 6) is -16.4. The van der Waals surface area contributed by atoms with E-state index in [9.17, 15) is 36.2 Å². The number of carboxylic acids is 1. The first-order valence-electron chi connectivity index (χ1n) is 14.9. The molecule has 2 N–H and O–H groups in total. The third-order valence-corrected chi connectivity index (χ3v) is 6.75. The number of rotatable bonds is 18. The van der Waals surface area contributed by atoms with Crippen LogP contribution in [0.25, 0.3) is 11.1 Å². The predicted molar refractivity (Wildman–Crippen MR) is 163 cm³/mol. The second-order valence-electron chi connectivity index (χ2n) is 10.4. The summed E-state index contributed by atoms with van der Waals surface area (Å²) < 4.78 is 96.0. The first kappa shape index (κ1) is 38.3. The lowest BCUT2D eigenvalue weighted by molar-refractivity contribution is -0.324. The van der Waals surface area contributed by atoms with Gasteiger partial charge >= 0.3 is 23.7 Å². The fraction of sp³-hybridized carbons (Fsp3) is 0.441. The van der Waals surface area contributed by atoms with Crippen LogP contribution in [0.5, 0.6) is 17.2 Å². The van der Waals surface area contributed by atoms with E-state index < -0.39 is 37.0 Å². The van der Waals surface area contributed by atoms with Crippen LogP contribution >= 0.6 is 0 Å². The molecular formula is C34H40F6O6. The first-order valence-corrected chi connectivity index (χ1v) is 14.9. The molecule has 0 saturated carbocycles. The molecule has 6 nitrogen and oxygen atoms in total. The number of alkyl halides is 6. The largest absolute Gasteiger partial charge is 0.508 e. The van der Waals surface area contributed by atoms with Crippen molar-refractivity contribution in [3.63, 3.8) is 0 Å². The van der Waals surface area contributed by atoms with Gasteiger partial charge < -0.3 is 24.4 Å². The summed E-state index contributed by atoms with van der Waals surface area (Å²) >= 11 is 0. The fourth-order valence-corrected chi connectivity index (χ4v) is 4.08. The molecule has 0 saturated heterocycles. The normalized spacial score (nSPS) is 11.8. The number of ether oxygens (including phenoxy) is 3. The van der Waals surface area contributed by atoms with Crippen LogP contribution in [-0.4, -0.2) is 60.4 Å². The minimum atomic E-state index is -5.65. The topological polar surface area (TPSA) is 85.2 Å². The Morgan fingerprint density at radius 3 is 1.83 bits per heavy atom. The lowest BCUT2D eigenvalue weighted by Crippen LogP contribution is -2.58. The Labute approximate surface area is 264 Å². The van der Waals surface area contributed by atoms with E-state index in [-0.39, 0.29) is 23.7 Å². The van der Waals surface area contributed by atoms with Crippen LogP contribution in [-0.2, 0) is 4.74 Å². The summed E-state index contributed by atoms with van der Waals surface area (Å²) in [5, 5.41) is 18.2. The molecule has 0 unspecified atom stereocenters. The third kappa shape index (κ3) is 11.5. The molecule has 12 heteroatoms. The summed E-state index contributed by atoms with van der Waals surface area (Å²) in [7, 11) is 0. The molecule has 0 bridgehead atoms. The van der Waals surface area contributed by atoms with Crippen LogP contribution in [0.3, 0.4) is 0 Å².